The lowest BCUT2D eigenvalue weighted by Gasteiger charge is -2.32. The van der Waals surface area contributed by atoms with E-state index in [1.165, 1.54) is 49.9 Å². The molecule has 0 radical (unpaired) electrons. The Labute approximate surface area is 126 Å². The van der Waals surface area contributed by atoms with E-state index in [-0.39, 0.29) is 11.6 Å². The fourth-order valence-electron chi connectivity index (χ4n) is 3.75. The van der Waals surface area contributed by atoms with Gasteiger partial charge in [-0.15, -0.1) is 0 Å². The third-order valence-corrected chi connectivity index (χ3v) is 5.15. The van der Waals surface area contributed by atoms with Crippen molar-refractivity contribution in [3.63, 3.8) is 0 Å². The molecule has 21 heavy (non-hydrogen) atoms. The number of aryl methyl sites for hydroxylation is 2. The molecular weight excluding hydrogens is 262 g/mol. The van der Waals surface area contributed by atoms with Crippen LogP contribution in [0.5, 0.6) is 0 Å². The minimum absolute atomic E-state index is 0.0913. The summed E-state index contributed by atoms with van der Waals surface area (Å²) in [5.41, 5.74) is 3.54. The minimum Gasteiger partial charge on any atom is -0.336 e. The van der Waals surface area contributed by atoms with Gasteiger partial charge in [-0.25, -0.2) is 4.79 Å². The van der Waals surface area contributed by atoms with Gasteiger partial charge in [0, 0.05) is 17.8 Å². The van der Waals surface area contributed by atoms with Crippen molar-refractivity contribution in [3.05, 3.63) is 29.3 Å². The maximum absolute atomic E-state index is 12.1. The van der Waals surface area contributed by atoms with E-state index in [1.54, 1.807) is 0 Å². The zero-order chi connectivity index (χ0) is 14.9. The number of nitrogens with one attached hydrogen (secondary N) is 2. The van der Waals surface area contributed by atoms with Crippen molar-refractivity contribution in [2.75, 3.05) is 25.0 Å². The molecule has 2 aliphatic heterocycles. The molecule has 1 aromatic rings. The van der Waals surface area contributed by atoms with Crippen LogP contribution in [-0.2, 0) is 0 Å². The highest BCUT2D eigenvalue weighted by Crippen LogP contribution is 2.38. The zero-order valence-corrected chi connectivity index (χ0v) is 13.0. The summed E-state index contributed by atoms with van der Waals surface area (Å²) >= 11 is 0. The van der Waals surface area contributed by atoms with Gasteiger partial charge in [0.05, 0.1) is 0 Å². The first-order valence-electron chi connectivity index (χ1n) is 7.96. The maximum atomic E-state index is 12.1. The van der Waals surface area contributed by atoms with Gasteiger partial charge < -0.3 is 10.6 Å². The molecule has 114 valence electrons. The van der Waals surface area contributed by atoms with E-state index in [0.717, 1.165) is 12.2 Å². The van der Waals surface area contributed by atoms with Crippen LogP contribution in [0, 0.1) is 13.8 Å². The Hall–Kier alpha value is -1.55. The molecule has 3 rings (SSSR count). The van der Waals surface area contributed by atoms with E-state index in [2.05, 4.69) is 29.4 Å². The Morgan fingerprint density at radius 3 is 2.57 bits per heavy atom. The van der Waals surface area contributed by atoms with Crippen LogP contribution in [0.25, 0.3) is 0 Å². The second-order valence-electron chi connectivity index (χ2n) is 6.53. The van der Waals surface area contributed by atoms with Crippen LogP contribution in [0.15, 0.2) is 18.2 Å². The molecule has 0 saturated carbocycles. The van der Waals surface area contributed by atoms with E-state index in [9.17, 15) is 4.79 Å². The van der Waals surface area contributed by atoms with Gasteiger partial charge in [-0.1, -0.05) is 6.07 Å². The van der Waals surface area contributed by atoms with Gasteiger partial charge >= 0.3 is 6.03 Å². The van der Waals surface area contributed by atoms with Gasteiger partial charge in [0.2, 0.25) is 0 Å². The van der Waals surface area contributed by atoms with Crippen molar-refractivity contribution >= 4 is 11.7 Å². The number of amides is 2. The largest absolute Gasteiger partial charge is 0.336 e. The Morgan fingerprint density at radius 2 is 1.90 bits per heavy atom. The number of benzene rings is 1. The molecule has 0 atom stereocenters. The number of urea groups is 1. The molecule has 0 spiro atoms. The van der Waals surface area contributed by atoms with Gasteiger partial charge in [-0.2, -0.15) is 0 Å². The maximum Gasteiger partial charge on any atom is 0.319 e. The number of hydrogen-bond donors (Lipinski definition) is 2. The predicted octanol–water partition coefficient (Wildman–Crippen LogP) is 3.05. The van der Waals surface area contributed by atoms with E-state index >= 15 is 0 Å². The molecular formula is C17H25N3O. The summed E-state index contributed by atoms with van der Waals surface area (Å²) in [5, 5.41) is 6.02. The quantitative estimate of drug-likeness (QED) is 0.897. The SMILES string of the molecule is Cc1ccc(NC(=O)NCC23CCCN2CCC3)cc1C. The van der Waals surface area contributed by atoms with Crippen molar-refractivity contribution in [2.45, 2.75) is 45.1 Å². The number of rotatable bonds is 3. The van der Waals surface area contributed by atoms with E-state index in [4.69, 9.17) is 0 Å². The normalized spacial score (nSPS) is 20.3. The number of hydrogen-bond acceptors (Lipinski definition) is 2. The second-order valence-corrected chi connectivity index (χ2v) is 6.53. The van der Waals surface area contributed by atoms with Crippen molar-refractivity contribution in [3.8, 4) is 0 Å². The van der Waals surface area contributed by atoms with Crippen molar-refractivity contribution in [1.29, 1.82) is 0 Å². The summed E-state index contributed by atoms with van der Waals surface area (Å²) in [5.74, 6) is 0. The van der Waals surface area contributed by atoms with Crippen LogP contribution in [0.2, 0.25) is 0 Å². The van der Waals surface area contributed by atoms with Crippen LogP contribution >= 0.6 is 0 Å². The molecule has 0 bridgehead atoms. The first-order chi connectivity index (χ1) is 10.1. The fourth-order valence-corrected chi connectivity index (χ4v) is 3.75. The van der Waals surface area contributed by atoms with Crippen LogP contribution in [0.4, 0.5) is 10.5 Å². The molecule has 0 aliphatic carbocycles. The first kappa shape index (κ1) is 14.4. The number of carbonyl (C=O) groups excluding carboxylic acids is 1. The van der Waals surface area contributed by atoms with E-state index in [0.29, 0.717) is 0 Å². The molecule has 2 amide bonds. The third-order valence-electron chi connectivity index (χ3n) is 5.15. The van der Waals surface area contributed by atoms with Crippen LogP contribution < -0.4 is 10.6 Å². The Balaban J connectivity index is 1.56. The summed E-state index contributed by atoms with van der Waals surface area (Å²) < 4.78 is 0. The summed E-state index contributed by atoms with van der Waals surface area (Å²) in [6, 6.07) is 5.92. The van der Waals surface area contributed by atoms with Crippen molar-refractivity contribution in [1.82, 2.24) is 10.2 Å². The summed E-state index contributed by atoms with van der Waals surface area (Å²) in [7, 11) is 0. The lowest BCUT2D eigenvalue weighted by molar-refractivity contribution is 0.189. The fraction of sp³-hybridized carbons (Fsp3) is 0.588. The lowest BCUT2D eigenvalue weighted by Crippen LogP contribution is -2.49. The first-order valence-corrected chi connectivity index (χ1v) is 7.96. The smallest absolute Gasteiger partial charge is 0.319 e. The summed E-state index contributed by atoms with van der Waals surface area (Å²) in [4.78, 5) is 14.7. The standard InChI is InChI=1S/C17H25N3O/c1-13-5-6-15(11-14(13)2)19-16(21)18-12-17-7-3-9-20(17)10-4-8-17/h5-6,11H,3-4,7-10,12H2,1-2H3,(H2,18,19,21). The summed E-state index contributed by atoms with van der Waals surface area (Å²) in [6.45, 7) is 7.30. The van der Waals surface area contributed by atoms with E-state index in [1.807, 2.05) is 18.2 Å². The number of carbonyl (C=O) groups is 1. The molecule has 0 unspecified atom stereocenters. The Morgan fingerprint density at radius 1 is 1.19 bits per heavy atom. The molecule has 2 heterocycles. The van der Waals surface area contributed by atoms with Crippen LogP contribution in [-0.4, -0.2) is 36.1 Å². The van der Waals surface area contributed by atoms with Gasteiger partial charge in [0.25, 0.3) is 0 Å². The van der Waals surface area contributed by atoms with Crippen molar-refractivity contribution in [2.24, 2.45) is 0 Å². The van der Waals surface area contributed by atoms with E-state index < -0.39 is 0 Å². The molecule has 2 N–H and O–H groups in total. The highest BCUT2D eigenvalue weighted by molar-refractivity contribution is 5.89. The average Bonchev–Trinajstić information content (AvgIpc) is 3.00. The van der Waals surface area contributed by atoms with Crippen LogP contribution in [0.3, 0.4) is 0 Å². The lowest BCUT2D eigenvalue weighted by atomic mass is 9.94. The highest BCUT2D eigenvalue weighted by Gasteiger charge is 2.44. The number of nitrogens with zero attached hydrogens (tertiary/aromatic N) is 1. The Bertz CT molecular complexity index is 531. The zero-order valence-electron chi connectivity index (χ0n) is 13.0. The molecule has 2 aliphatic rings. The van der Waals surface area contributed by atoms with Gasteiger partial charge in [0.1, 0.15) is 0 Å². The number of anilines is 1. The molecule has 1 aromatic carbocycles. The monoisotopic (exact) mass is 287 g/mol. The van der Waals surface area contributed by atoms with Crippen LogP contribution in [0.1, 0.15) is 36.8 Å². The highest BCUT2D eigenvalue weighted by atomic mass is 16.2. The summed E-state index contributed by atoms with van der Waals surface area (Å²) in [6.07, 6.45) is 4.97. The molecule has 4 heteroatoms. The molecule has 4 nitrogen and oxygen atoms in total. The van der Waals surface area contributed by atoms with Gasteiger partial charge in [-0.3, -0.25) is 4.90 Å². The predicted molar refractivity (Wildman–Crippen MR) is 85.7 cm³/mol. The minimum atomic E-state index is -0.0913. The average molecular weight is 287 g/mol. The molecule has 0 aromatic heterocycles. The topological polar surface area (TPSA) is 44.4 Å². The number of fused-ring (bicyclic) bond motifs is 1. The van der Waals surface area contributed by atoms with Crippen molar-refractivity contribution < 1.29 is 4.79 Å². The third kappa shape index (κ3) is 2.91. The molecule has 2 fully saturated rings. The second kappa shape index (κ2) is 5.68. The Kier molecular flexibility index (Phi) is 3.89. The molecule has 2 saturated heterocycles. The van der Waals surface area contributed by atoms with Gasteiger partial charge in [-0.05, 0) is 75.9 Å². The van der Waals surface area contributed by atoms with Gasteiger partial charge in [0.15, 0.2) is 0 Å².